The molecular formula is C12H18N2O. The van der Waals surface area contributed by atoms with Crippen LogP contribution in [-0.2, 0) is 4.79 Å². The lowest BCUT2D eigenvalue weighted by Crippen LogP contribution is -2.31. The van der Waals surface area contributed by atoms with E-state index in [0.29, 0.717) is 12.6 Å². The predicted molar refractivity (Wildman–Crippen MR) is 61.5 cm³/mol. The second-order valence-corrected chi connectivity index (χ2v) is 3.57. The van der Waals surface area contributed by atoms with Crippen molar-refractivity contribution < 1.29 is 4.79 Å². The summed E-state index contributed by atoms with van der Waals surface area (Å²) in [5.41, 5.74) is 1.26. The van der Waals surface area contributed by atoms with Gasteiger partial charge in [0, 0.05) is 26.1 Å². The minimum absolute atomic E-state index is 0.0177. The summed E-state index contributed by atoms with van der Waals surface area (Å²) in [5.74, 6) is 0.0177. The van der Waals surface area contributed by atoms with Gasteiger partial charge in [-0.25, -0.2) is 0 Å². The minimum atomic E-state index is 0.0177. The van der Waals surface area contributed by atoms with E-state index in [-0.39, 0.29) is 5.91 Å². The smallest absolute Gasteiger partial charge is 0.216 e. The summed E-state index contributed by atoms with van der Waals surface area (Å²) < 4.78 is 0. The van der Waals surface area contributed by atoms with E-state index in [0.717, 1.165) is 6.54 Å². The summed E-state index contributed by atoms with van der Waals surface area (Å²) in [6, 6.07) is 10.6. The molecule has 1 unspecified atom stereocenters. The highest BCUT2D eigenvalue weighted by Gasteiger charge is 2.02. The summed E-state index contributed by atoms with van der Waals surface area (Å²) in [7, 11) is 0. The molecule has 1 atom stereocenters. The lowest BCUT2D eigenvalue weighted by Gasteiger charge is -2.14. The molecule has 0 bridgehead atoms. The number of nitrogens with one attached hydrogen (secondary N) is 2. The van der Waals surface area contributed by atoms with Gasteiger partial charge in [0.25, 0.3) is 0 Å². The van der Waals surface area contributed by atoms with Crippen LogP contribution in [0, 0.1) is 0 Å². The maximum Gasteiger partial charge on any atom is 0.216 e. The van der Waals surface area contributed by atoms with E-state index in [1.165, 1.54) is 12.5 Å². The van der Waals surface area contributed by atoms with Crippen molar-refractivity contribution in [1.82, 2.24) is 10.6 Å². The Morgan fingerprint density at radius 2 is 1.93 bits per heavy atom. The molecule has 1 amide bonds. The number of carbonyl (C=O) groups excluding carboxylic acids is 1. The number of hydrogen-bond donors (Lipinski definition) is 2. The maximum atomic E-state index is 10.6. The number of rotatable bonds is 5. The van der Waals surface area contributed by atoms with E-state index in [9.17, 15) is 4.79 Å². The predicted octanol–water partition coefficient (Wildman–Crippen LogP) is 1.47. The van der Waals surface area contributed by atoms with Crippen LogP contribution in [0.3, 0.4) is 0 Å². The van der Waals surface area contributed by atoms with Crippen LogP contribution in [0.15, 0.2) is 30.3 Å². The van der Waals surface area contributed by atoms with Gasteiger partial charge in [-0.05, 0) is 12.5 Å². The van der Waals surface area contributed by atoms with E-state index in [4.69, 9.17) is 0 Å². The normalized spacial score (nSPS) is 12.1. The van der Waals surface area contributed by atoms with E-state index in [2.05, 4.69) is 29.7 Å². The Kier molecular flexibility index (Phi) is 4.84. The zero-order chi connectivity index (χ0) is 11.1. The van der Waals surface area contributed by atoms with Crippen molar-refractivity contribution in [2.45, 2.75) is 19.9 Å². The Labute approximate surface area is 90.9 Å². The zero-order valence-corrected chi connectivity index (χ0v) is 9.29. The van der Waals surface area contributed by atoms with Gasteiger partial charge >= 0.3 is 0 Å². The first-order valence-electron chi connectivity index (χ1n) is 5.23. The van der Waals surface area contributed by atoms with Crippen LogP contribution in [0.4, 0.5) is 0 Å². The molecule has 0 aliphatic rings. The summed E-state index contributed by atoms with van der Waals surface area (Å²) in [6.07, 6.45) is 0. The van der Waals surface area contributed by atoms with Gasteiger partial charge < -0.3 is 10.6 Å². The number of amides is 1. The lowest BCUT2D eigenvalue weighted by atomic mass is 10.1. The first-order chi connectivity index (χ1) is 7.20. The fourth-order valence-electron chi connectivity index (χ4n) is 1.39. The van der Waals surface area contributed by atoms with Crippen LogP contribution in [0.25, 0.3) is 0 Å². The van der Waals surface area contributed by atoms with Crippen molar-refractivity contribution in [3.63, 3.8) is 0 Å². The summed E-state index contributed by atoms with van der Waals surface area (Å²) in [5, 5.41) is 6.09. The van der Waals surface area contributed by atoms with Crippen molar-refractivity contribution in [2.24, 2.45) is 0 Å². The Balaban J connectivity index is 2.25. The maximum absolute atomic E-state index is 10.6. The molecule has 1 rings (SSSR count). The molecular weight excluding hydrogens is 188 g/mol. The fraction of sp³-hybridized carbons (Fsp3) is 0.417. The second kappa shape index (κ2) is 6.19. The molecule has 0 heterocycles. The van der Waals surface area contributed by atoms with Crippen LogP contribution in [-0.4, -0.2) is 19.0 Å². The molecule has 2 N–H and O–H groups in total. The highest BCUT2D eigenvalue weighted by Crippen LogP contribution is 2.09. The van der Waals surface area contributed by atoms with Gasteiger partial charge in [0.2, 0.25) is 5.91 Å². The molecule has 0 spiro atoms. The average Bonchev–Trinajstić information content (AvgIpc) is 2.25. The Bertz CT molecular complexity index is 298. The molecule has 0 saturated heterocycles. The molecule has 0 aliphatic heterocycles. The molecule has 15 heavy (non-hydrogen) atoms. The van der Waals surface area contributed by atoms with Crippen molar-refractivity contribution in [3.05, 3.63) is 35.9 Å². The number of hydrogen-bond acceptors (Lipinski definition) is 2. The molecule has 0 fully saturated rings. The zero-order valence-electron chi connectivity index (χ0n) is 9.29. The van der Waals surface area contributed by atoms with Crippen LogP contribution < -0.4 is 10.6 Å². The highest BCUT2D eigenvalue weighted by molar-refractivity contribution is 5.72. The fourth-order valence-corrected chi connectivity index (χ4v) is 1.39. The van der Waals surface area contributed by atoms with E-state index < -0.39 is 0 Å². The SMILES string of the molecule is CC(=O)NCCNC(C)c1ccccc1. The van der Waals surface area contributed by atoms with Gasteiger partial charge in [-0.2, -0.15) is 0 Å². The van der Waals surface area contributed by atoms with Crippen LogP contribution in [0.2, 0.25) is 0 Å². The van der Waals surface area contributed by atoms with E-state index >= 15 is 0 Å². The third-order valence-electron chi connectivity index (χ3n) is 2.25. The molecule has 0 aliphatic carbocycles. The number of benzene rings is 1. The Morgan fingerprint density at radius 1 is 1.27 bits per heavy atom. The van der Waals surface area contributed by atoms with E-state index in [1.54, 1.807) is 0 Å². The van der Waals surface area contributed by atoms with Gasteiger partial charge in [-0.3, -0.25) is 4.79 Å². The third-order valence-corrected chi connectivity index (χ3v) is 2.25. The van der Waals surface area contributed by atoms with Crippen LogP contribution in [0.1, 0.15) is 25.5 Å². The average molecular weight is 206 g/mol. The Hall–Kier alpha value is -1.35. The van der Waals surface area contributed by atoms with E-state index in [1.807, 2.05) is 18.2 Å². The molecule has 82 valence electrons. The first-order valence-corrected chi connectivity index (χ1v) is 5.23. The topological polar surface area (TPSA) is 41.1 Å². The molecule has 1 aromatic rings. The quantitative estimate of drug-likeness (QED) is 0.716. The van der Waals surface area contributed by atoms with Crippen LogP contribution in [0.5, 0.6) is 0 Å². The lowest BCUT2D eigenvalue weighted by molar-refractivity contribution is -0.118. The van der Waals surface area contributed by atoms with Gasteiger partial charge in [-0.1, -0.05) is 30.3 Å². The largest absolute Gasteiger partial charge is 0.355 e. The third kappa shape index (κ3) is 4.61. The Morgan fingerprint density at radius 3 is 2.53 bits per heavy atom. The van der Waals surface area contributed by atoms with Gasteiger partial charge in [-0.15, -0.1) is 0 Å². The van der Waals surface area contributed by atoms with Gasteiger partial charge in [0.1, 0.15) is 0 Å². The van der Waals surface area contributed by atoms with Gasteiger partial charge in [0.05, 0.1) is 0 Å². The molecule has 1 aromatic carbocycles. The standard InChI is InChI=1S/C12H18N2O/c1-10(12-6-4-3-5-7-12)13-8-9-14-11(2)15/h3-7,10,13H,8-9H2,1-2H3,(H,14,15). The molecule has 0 saturated carbocycles. The van der Waals surface area contributed by atoms with Gasteiger partial charge in [0.15, 0.2) is 0 Å². The monoisotopic (exact) mass is 206 g/mol. The van der Waals surface area contributed by atoms with Crippen molar-refractivity contribution in [3.8, 4) is 0 Å². The van der Waals surface area contributed by atoms with Crippen molar-refractivity contribution in [2.75, 3.05) is 13.1 Å². The molecule has 0 aromatic heterocycles. The molecule has 3 heteroatoms. The second-order valence-electron chi connectivity index (χ2n) is 3.57. The summed E-state index contributed by atoms with van der Waals surface area (Å²) >= 11 is 0. The van der Waals surface area contributed by atoms with Crippen LogP contribution >= 0.6 is 0 Å². The highest BCUT2D eigenvalue weighted by atomic mass is 16.1. The summed E-state index contributed by atoms with van der Waals surface area (Å²) in [6.45, 7) is 5.10. The first kappa shape index (κ1) is 11.7. The molecule has 0 radical (unpaired) electrons. The number of carbonyl (C=O) groups is 1. The van der Waals surface area contributed by atoms with Crippen molar-refractivity contribution in [1.29, 1.82) is 0 Å². The summed E-state index contributed by atoms with van der Waals surface area (Å²) in [4.78, 5) is 10.6. The van der Waals surface area contributed by atoms with Crippen molar-refractivity contribution >= 4 is 5.91 Å². The molecule has 3 nitrogen and oxygen atoms in total. The minimum Gasteiger partial charge on any atom is -0.355 e.